The topological polar surface area (TPSA) is 51.2 Å². The minimum absolute atomic E-state index is 0.0319. The first-order chi connectivity index (χ1) is 13.1. The molecule has 0 radical (unpaired) electrons. The van der Waals surface area contributed by atoms with Gasteiger partial charge in [0.25, 0.3) is 0 Å². The van der Waals surface area contributed by atoms with Gasteiger partial charge in [0.1, 0.15) is 0 Å². The third-order valence-corrected chi connectivity index (χ3v) is 5.75. The standard InChI is InChI=1S/C22H26N2O2S/c1-3-26-15-9-14-23-21(25)22(2,17-10-5-4-6-11-17)16-20-24-18-12-7-8-13-19(18)27-20/h4-8,10-13H,3,9,14-16H2,1-2H3,(H,23,25)/t22-/m0/s1. The normalized spacial score (nSPS) is 13.4. The molecule has 0 fully saturated rings. The Hall–Kier alpha value is -2.24. The Kier molecular flexibility index (Phi) is 6.58. The van der Waals surface area contributed by atoms with Crippen LogP contribution >= 0.6 is 11.3 Å². The molecule has 1 amide bonds. The van der Waals surface area contributed by atoms with E-state index in [1.807, 2.05) is 62.4 Å². The third-order valence-electron chi connectivity index (χ3n) is 4.71. The Bertz CT molecular complexity index is 845. The quantitative estimate of drug-likeness (QED) is 0.560. The fourth-order valence-corrected chi connectivity index (χ4v) is 4.26. The number of carbonyl (C=O) groups is 1. The van der Waals surface area contributed by atoms with Crippen LogP contribution in [0, 0.1) is 0 Å². The van der Waals surface area contributed by atoms with Crippen molar-refractivity contribution in [1.29, 1.82) is 0 Å². The summed E-state index contributed by atoms with van der Waals surface area (Å²) < 4.78 is 6.51. The number of para-hydroxylation sites is 1. The van der Waals surface area contributed by atoms with Gasteiger partial charge in [0.15, 0.2) is 0 Å². The van der Waals surface area contributed by atoms with E-state index in [4.69, 9.17) is 9.72 Å². The first kappa shape index (κ1) is 19.5. The molecule has 1 N–H and O–H groups in total. The van der Waals surface area contributed by atoms with Gasteiger partial charge < -0.3 is 10.1 Å². The van der Waals surface area contributed by atoms with Gasteiger partial charge in [-0.15, -0.1) is 11.3 Å². The summed E-state index contributed by atoms with van der Waals surface area (Å²) in [6.07, 6.45) is 1.39. The van der Waals surface area contributed by atoms with Crippen molar-refractivity contribution in [3.8, 4) is 0 Å². The molecule has 4 nitrogen and oxygen atoms in total. The molecule has 0 aliphatic carbocycles. The fourth-order valence-electron chi connectivity index (χ4n) is 3.13. The number of fused-ring (bicyclic) bond motifs is 1. The number of nitrogens with zero attached hydrogens (tertiary/aromatic N) is 1. The second kappa shape index (κ2) is 9.11. The fraction of sp³-hybridized carbons (Fsp3) is 0.364. The number of ether oxygens (including phenoxy) is 1. The highest BCUT2D eigenvalue weighted by atomic mass is 32.1. The van der Waals surface area contributed by atoms with Gasteiger partial charge in [-0.1, -0.05) is 42.5 Å². The Morgan fingerprint density at radius 2 is 1.89 bits per heavy atom. The van der Waals surface area contributed by atoms with Crippen LogP contribution in [0.2, 0.25) is 0 Å². The van der Waals surface area contributed by atoms with Gasteiger partial charge in [0.05, 0.1) is 20.6 Å². The summed E-state index contributed by atoms with van der Waals surface area (Å²) >= 11 is 1.66. The van der Waals surface area contributed by atoms with Gasteiger partial charge >= 0.3 is 0 Å². The van der Waals surface area contributed by atoms with E-state index in [1.54, 1.807) is 11.3 Å². The average Bonchev–Trinajstić information content (AvgIpc) is 3.10. The van der Waals surface area contributed by atoms with Crippen molar-refractivity contribution in [2.75, 3.05) is 19.8 Å². The lowest BCUT2D eigenvalue weighted by atomic mass is 9.78. The van der Waals surface area contributed by atoms with Crippen LogP contribution in [-0.2, 0) is 21.4 Å². The molecule has 1 aromatic heterocycles. The largest absolute Gasteiger partial charge is 0.382 e. The molecule has 1 atom stereocenters. The van der Waals surface area contributed by atoms with Gasteiger partial charge in [-0.25, -0.2) is 4.98 Å². The van der Waals surface area contributed by atoms with E-state index in [2.05, 4.69) is 11.4 Å². The zero-order valence-corrected chi connectivity index (χ0v) is 16.7. The van der Waals surface area contributed by atoms with E-state index in [0.29, 0.717) is 26.2 Å². The zero-order chi connectivity index (χ0) is 19.1. The molecule has 3 aromatic rings. The van der Waals surface area contributed by atoms with Gasteiger partial charge in [0, 0.05) is 26.2 Å². The number of hydrogen-bond acceptors (Lipinski definition) is 4. The van der Waals surface area contributed by atoms with Gasteiger partial charge in [-0.2, -0.15) is 0 Å². The predicted octanol–water partition coefficient (Wildman–Crippen LogP) is 4.34. The van der Waals surface area contributed by atoms with E-state index in [9.17, 15) is 4.79 Å². The molecule has 142 valence electrons. The van der Waals surface area contributed by atoms with Crippen molar-refractivity contribution in [3.63, 3.8) is 0 Å². The Labute approximate surface area is 164 Å². The lowest BCUT2D eigenvalue weighted by Crippen LogP contribution is -2.44. The Balaban J connectivity index is 1.80. The van der Waals surface area contributed by atoms with Crippen LogP contribution in [0.25, 0.3) is 10.2 Å². The van der Waals surface area contributed by atoms with E-state index in [1.165, 1.54) is 0 Å². The number of nitrogens with one attached hydrogen (secondary N) is 1. The van der Waals surface area contributed by atoms with Gasteiger partial charge in [-0.3, -0.25) is 4.79 Å². The highest BCUT2D eigenvalue weighted by Crippen LogP contribution is 2.32. The van der Waals surface area contributed by atoms with Crippen molar-refractivity contribution < 1.29 is 9.53 Å². The van der Waals surface area contributed by atoms with Crippen molar-refractivity contribution in [1.82, 2.24) is 10.3 Å². The van der Waals surface area contributed by atoms with Crippen molar-refractivity contribution >= 4 is 27.5 Å². The maximum Gasteiger partial charge on any atom is 0.230 e. The summed E-state index contributed by atoms with van der Waals surface area (Å²) in [5.74, 6) is 0.0319. The second-order valence-corrected chi connectivity index (χ2v) is 7.87. The molecule has 0 aliphatic rings. The highest BCUT2D eigenvalue weighted by Gasteiger charge is 2.36. The smallest absolute Gasteiger partial charge is 0.230 e. The SMILES string of the molecule is CCOCCCNC(=O)[C@@](C)(Cc1nc2ccccc2s1)c1ccccc1. The summed E-state index contributed by atoms with van der Waals surface area (Å²) in [6, 6.07) is 18.1. The summed E-state index contributed by atoms with van der Waals surface area (Å²) in [6.45, 7) is 5.96. The van der Waals surface area contributed by atoms with Crippen molar-refractivity contribution in [2.24, 2.45) is 0 Å². The van der Waals surface area contributed by atoms with E-state index >= 15 is 0 Å². The van der Waals surface area contributed by atoms with Crippen LogP contribution in [0.15, 0.2) is 54.6 Å². The number of aromatic nitrogens is 1. The lowest BCUT2D eigenvalue weighted by Gasteiger charge is -2.28. The molecular weight excluding hydrogens is 356 g/mol. The van der Waals surface area contributed by atoms with Crippen LogP contribution in [0.3, 0.4) is 0 Å². The van der Waals surface area contributed by atoms with Crippen molar-refractivity contribution in [3.05, 3.63) is 65.2 Å². The van der Waals surface area contributed by atoms with Gasteiger partial charge in [-0.05, 0) is 38.0 Å². The van der Waals surface area contributed by atoms with Crippen molar-refractivity contribution in [2.45, 2.75) is 32.1 Å². The zero-order valence-electron chi connectivity index (χ0n) is 15.9. The van der Waals surface area contributed by atoms with E-state index in [-0.39, 0.29) is 5.91 Å². The molecule has 0 saturated heterocycles. The van der Waals surface area contributed by atoms with Crippen LogP contribution in [0.1, 0.15) is 30.8 Å². The Morgan fingerprint density at radius 3 is 2.63 bits per heavy atom. The van der Waals surface area contributed by atoms with Gasteiger partial charge in [0.2, 0.25) is 5.91 Å². The monoisotopic (exact) mass is 382 g/mol. The maximum atomic E-state index is 13.1. The number of benzene rings is 2. The summed E-state index contributed by atoms with van der Waals surface area (Å²) in [5.41, 5.74) is 1.33. The molecule has 1 heterocycles. The molecule has 0 saturated carbocycles. The molecule has 0 bridgehead atoms. The second-order valence-electron chi connectivity index (χ2n) is 6.76. The summed E-state index contributed by atoms with van der Waals surface area (Å²) in [5, 5.41) is 4.07. The molecular formula is C22H26N2O2S. The average molecular weight is 383 g/mol. The molecule has 0 spiro atoms. The number of carbonyl (C=O) groups excluding carboxylic acids is 1. The molecule has 0 unspecified atom stereocenters. The molecule has 3 rings (SSSR count). The first-order valence-corrected chi connectivity index (χ1v) is 10.2. The third kappa shape index (κ3) is 4.73. The number of amides is 1. The summed E-state index contributed by atoms with van der Waals surface area (Å²) in [7, 11) is 0. The predicted molar refractivity (Wildman–Crippen MR) is 111 cm³/mol. The minimum atomic E-state index is -0.666. The van der Waals surface area contributed by atoms with E-state index < -0.39 is 5.41 Å². The molecule has 27 heavy (non-hydrogen) atoms. The molecule has 0 aliphatic heterocycles. The van der Waals surface area contributed by atoms with Crippen LogP contribution in [-0.4, -0.2) is 30.6 Å². The van der Waals surface area contributed by atoms with Crippen LogP contribution in [0.5, 0.6) is 0 Å². The Morgan fingerprint density at radius 1 is 1.15 bits per heavy atom. The lowest BCUT2D eigenvalue weighted by molar-refractivity contribution is -0.126. The minimum Gasteiger partial charge on any atom is -0.382 e. The number of hydrogen-bond donors (Lipinski definition) is 1. The summed E-state index contributed by atoms with van der Waals surface area (Å²) in [4.78, 5) is 17.9. The first-order valence-electron chi connectivity index (χ1n) is 9.39. The number of rotatable bonds is 9. The van der Waals surface area contributed by atoms with Crippen LogP contribution < -0.4 is 5.32 Å². The highest BCUT2D eigenvalue weighted by molar-refractivity contribution is 7.18. The van der Waals surface area contributed by atoms with E-state index in [0.717, 1.165) is 27.2 Å². The van der Waals surface area contributed by atoms with Crippen LogP contribution in [0.4, 0.5) is 0 Å². The molecule has 2 aromatic carbocycles. The molecule has 5 heteroatoms. The number of thiazole rings is 1. The maximum absolute atomic E-state index is 13.1.